The molecule has 2 unspecified atom stereocenters. The van der Waals surface area contributed by atoms with E-state index in [4.69, 9.17) is 4.74 Å². The fourth-order valence-electron chi connectivity index (χ4n) is 4.96. The lowest BCUT2D eigenvalue weighted by molar-refractivity contribution is -0.149. The number of amides is 2. The lowest BCUT2D eigenvalue weighted by atomic mass is 10.1. The minimum Gasteiger partial charge on any atom is -0.487 e. The van der Waals surface area contributed by atoms with Crippen molar-refractivity contribution in [3.63, 3.8) is 0 Å². The van der Waals surface area contributed by atoms with Crippen molar-refractivity contribution >= 4 is 33.7 Å². The van der Waals surface area contributed by atoms with Crippen LogP contribution >= 0.6 is 0 Å². The number of nitrogens with zero attached hydrogens (tertiary/aromatic N) is 4. The molecule has 2 aromatic heterocycles. The second kappa shape index (κ2) is 13.6. The molecule has 3 N–H and O–H groups in total. The zero-order valence-corrected chi connectivity index (χ0v) is 23.8. The van der Waals surface area contributed by atoms with E-state index in [2.05, 4.69) is 22.2 Å². The number of carboxylic acid groups (broad SMARTS) is 1. The molecule has 0 spiro atoms. The monoisotopic (exact) mass is 599 g/mol. The van der Waals surface area contributed by atoms with Crippen molar-refractivity contribution in [1.82, 2.24) is 19.4 Å². The molecule has 224 valence electrons. The molecular formula is C28H33N5O8S. The molecule has 1 aromatic carbocycles. The maximum absolute atomic E-state index is 13.9. The van der Waals surface area contributed by atoms with Crippen LogP contribution in [0.4, 0.5) is 5.82 Å². The number of aromatic nitrogens is 3. The van der Waals surface area contributed by atoms with Crippen LogP contribution in [0.25, 0.3) is 0 Å². The molecule has 13 nitrogen and oxygen atoms in total. The Kier molecular flexibility index (Phi) is 9.91. The van der Waals surface area contributed by atoms with Gasteiger partial charge < -0.3 is 24.6 Å². The SMILES string of the molecule is CCCCCCC(C(=O)N1CC(Oc2cccnc2)C[C@H]1C(=O)O)n1cnc(NC(=O)c2ccccc2S(=O)(=O)O)c1. The lowest BCUT2D eigenvalue weighted by Crippen LogP contribution is -2.44. The van der Waals surface area contributed by atoms with Crippen LogP contribution in [0.2, 0.25) is 0 Å². The number of pyridine rings is 1. The van der Waals surface area contributed by atoms with Crippen molar-refractivity contribution in [2.45, 2.75) is 68.5 Å². The largest absolute Gasteiger partial charge is 0.487 e. The Labute approximate surface area is 243 Å². The first-order valence-corrected chi connectivity index (χ1v) is 15.0. The highest BCUT2D eigenvalue weighted by Crippen LogP contribution is 2.29. The highest BCUT2D eigenvalue weighted by Gasteiger charge is 2.43. The quantitative estimate of drug-likeness (QED) is 0.194. The number of benzene rings is 1. The van der Waals surface area contributed by atoms with Crippen LogP contribution in [0.5, 0.6) is 5.75 Å². The summed E-state index contributed by atoms with van der Waals surface area (Å²) in [6.45, 7) is 2.14. The van der Waals surface area contributed by atoms with Gasteiger partial charge in [-0.3, -0.25) is 19.1 Å². The van der Waals surface area contributed by atoms with Crippen molar-refractivity contribution in [2.24, 2.45) is 0 Å². The number of ether oxygens (including phenoxy) is 1. The predicted octanol–water partition coefficient (Wildman–Crippen LogP) is 3.42. The van der Waals surface area contributed by atoms with Crippen LogP contribution in [-0.2, 0) is 19.7 Å². The third kappa shape index (κ3) is 7.50. The van der Waals surface area contributed by atoms with Gasteiger partial charge in [0.2, 0.25) is 5.91 Å². The number of anilines is 1. The molecule has 2 amide bonds. The number of carbonyl (C=O) groups excluding carboxylic acids is 2. The van der Waals surface area contributed by atoms with E-state index in [1.54, 1.807) is 18.3 Å². The fourth-order valence-corrected chi connectivity index (χ4v) is 5.65. The van der Waals surface area contributed by atoms with Crippen LogP contribution in [0.3, 0.4) is 0 Å². The van der Waals surface area contributed by atoms with Gasteiger partial charge in [-0.2, -0.15) is 8.42 Å². The minimum atomic E-state index is -4.65. The molecule has 42 heavy (non-hydrogen) atoms. The van der Waals surface area contributed by atoms with Gasteiger partial charge in [-0.15, -0.1) is 0 Å². The molecule has 3 heterocycles. The number of carboxylic acids is 1. The molecule has 1 fully saturated rings. The van der Waals surface area contributed by atoms with Gasteiger partial charge in [-0.05, 0) is 30.7 Å². The number of nitrogens with one attached hydrogen (secondary N) is 1. The van der Waals surface area contributed by atoms with Crippen LogP contribution in [-0.4, -0.2) is 74.0 Å². The highest BCUT2D eigenvalue weighted by molar-refractivity contribution is 7.86. The molecular weight excluding hydrogens is 566 g/mol. The Bertz CT molecular complexity index is 1510. The summed E-state index contributed by atoms with van der Waals surface area (Å²) >= 11 is 0. The van der Waals surface area contributed by atoms with Crippen molar-refractivity contribution in [3.8, 4) is 5.75 Å². The molecule has 3 atom stereocenters. The van der Waals surface area contributed by atoms with Crippen LogP contribution in [0, 0.1) is 0 Å². The van der Waals surface area contributed by atoms with Crippen molar-refractivity contribution in [3.05, 3.63) is 66.9 Å². The molecule has 3 aromatic rings. The first-order valence-electron chi connectivity index (χ1n) is 13.6. The zero-order chi connectivity index (χ0) is 30.3. The number of hydrogen-bond acceptors (Lipinski definition) is 8. The average molecular weight is 600 g/mol. The van der Waals surface area contributed by atoms with Crippen molar-refractivity contribution in [2.75, 3.05) is 11.9 Å². The lowest BCUT2D eigenvalue weighted by Gasteiger charge is -2.27. The Morgan fingerprint density at radius 1 is 1.14 bits per heavy atom. The van der Waals surface area contributed by atoms with Gasteiger partial charge in [0.25, 0.3) is 16.0 Å². The summed E-state index contributed by atoms with van der Waals surface area (Å²) in [6, 6.07) is 6.70. The third-order valence-corrected chi connectivity index (χ3v) is 7.91. The second-order valence-corrected chi connectivity index (χ2v) is 11.4. The maximum atomic E-state index is 13.9. The Balaban J connectivity index is 1.55. The van der Waals surface area contributed by atoms with Crippen molar-refractivity contribution < 1.29 is 37.2 Å². The summed E-state index contributed by atoms with van der Waals surface area (Å²) < 4.78 is 40.3. The minimum absolute atomic E-state index is 0.0468. The van der Waals surface area contributed by atoms with E-state index < -0.39 is 51.0 Å². The summed E-state index contributed by atoms with van der Waals surface area (Å²) in [5.74, 6) is -1.85. The van der Waals surface area contributed by atoms with E-state index in [0.29, 0.717) is 18.6 Å². The molecule has 1 saturated heterocycles. The molecule has 0 aliphatic carbocycles. The predicted molar refractivity (Wildman–Crippen MR) is 151 cm³/mol. The van der Waals surface area contributed by atoms with Gasteiger partial charge in [0.05, 0.1) is 24.6 Å². The smallest absolute Gasteiger partial charge is 0.326 e. The summed E-state index contributed by atoms with van der Waals surface area (Å²) in [5, 5.41) is 12.4. The van der Waals surface area contributed by atoms with Gasteiger partial charge in [0.15, 0.2) is 5.82 Å². The molecule has 0 radical (unpaired) electrons. The molecule has 4 rings (SSSR count). The molecule has 1 aliphatic heterocycles. The van der Waals surface area contributed by atoms with Crippen LogP contribution in [0.1, 0.15) is 61.8 Å². The van der Waals surface area contributed by atoms with E-state index in [1.165, 1.54) is 46.4 Å². The number of imidazole rings is 1. The normalized spacial score (nSPS) is 17.5. The van der Waals surface area contributed by atoms with Crippen LogP contribution in [0.15, 0.2) is 66.2 Å². The molecule has 14 heteroatoms. The third-order valence-electron chi connectivity index (χ3n) is 7.00. The first kappa shape index (κ1) is 30.7. The zero-order valence-electron chi connectivity index (χ0n) is 23.0. The van der Waals surface area contributed by atoms with Gasteiger partial charge in [0, 0.05) is 18.8 Å². The summed E-state index contributed by atoms with van der Waals surface area (Å²) in [7, 11) is -4.65. The number of unbranched alkanes of at least 4 members (excludes halogenated alkanes) is 3. The molecule has 0 saturated carbocycles. The molecule has 1 aliphatic rings. The number of hydrogen-bond donors (Lipinski definition) is 3. The fraction of sp³-hybridized carbons (Fsp3) is 0.393. The average Bonchev–Trinajstić information content (AvgIpc) is 3.60. The van der Waals surface area contributed by atoms with E-state index in [9.17, 15) is 32.5 Å². The number of likely N-dealkylation sites (tertiary alicyclic amines) is 1. The number of rotatable bonds is 13. The topological polar surface area (TPSA) is 181 Å². The number of aliphatic carboxylic acids is 1. The van der Waals surface area contributed by atoms with E-state index in [0.717, 1.165) is 25.3 Å². The van der Waals surface area contributed by atoms with E-state index >= 15 is 0 Å². The standard InChI is InChI=1S/C28H33N5O8S/c1-2-3-4-5-11-22(27(35)33-16-20(14-23(33)28(36)37)41-19-9-8-13-29-15-19)32-17-25(30-18-32)31-26(34)21-10-6-7-12-24(21)42(38,39)40/h6-10,12-13,15,17-18,20,22-23H,2-5,11,14,16H2,1H3,(H,31,34)(H,36,37)(H,38,39,40)/t20?,22?,23-/m0/s1. The molecule has 0 bridgehead atoms. The van der Waals surface area contributed by atoms with Gasteiger partial charge in [0.1, 0.15) is 28.8 Å². The Morgan fingerprint density at radius 2 is 1.93 bits per heavy atom. The van der Waals surface area contributed by atoms with Gasteiger partial charge in [-0.25, -0.2) is 9.78 Å². The summed E-state index contributed by atoms with van der Waals surface area (Å²) in [4.78, 5) is 47.8. The Morgan fingerprint density at radius 3 is 2.62 bits per heavy atom. The van der Waals surface area contributed by atoms with Crippen LogP contribution < -0.4 is 10.1 Å². The van der Waals surface area contributed by atoms with Gasteiger partial charge in [-0.1, -0.05) is 44.7 Å². The maximum Gasteiger partial charge on any atom is 0.326 e. The highest BCUT2D eigenvalue weighted by atomic mass is 32.2. The summed E-state index contributed by atoms with van der Waals surface area (Å²) in [5.41, 5.74) is -0.275. The second-order valence-electron chi connectivity index (χ2n) is 10.0. The first-order chi connectivity index (χ1) is 20.1. The summed E-state index contributed by atoms with van der Waals surface area (Å²) in [6.07, 6.45) is 9.43. The van der Waals surface area contributed by atoms with Gasteiger partial charge >= 0.3 is 5.97 Å². The Hall–Kier alpha value is -4.30. The van der Waals surface area contributed by atoms with E-state index in [-0.39, 0.29) is 24.3 Å². The van der Waals surface area contributed by atoms with Crippen molar-refractivity contribution in [1.29, 1.82) is 0 Å². The number of carbonyl (C=O) groups is 3. The van der Waals surface area contributed by atoms with E-state index in [1.807, 2.05) is 0 Å².